The molecular weight excluding hydrogens is 395 g/mol. The number of carbonyl (C=O) groups excluding carboxylic acids is 2. The zero-order valence-corrected chi connectivity index (χ0v) is 17.9. The minimum atomic E-state index is -0.499. The van der Waals surface area contributed by atoms with E-state index in [2.05, 4.69) is 24.4 Å². The molecule has 6 heteroatoms. The average Bonchev–Trinajstić information content (AvgIpc) is 3.10. The molecule has 2 amide bonds. The van der Waals surface area contributed by atoms with Gasteiger partial charge in [0.1, 0.15) is 11.9 Å². The summed E-state index contributed by atoms with van der Waals surface area (Å²) in [5.41, 5.74) is 2.58. The fourth-order valence-corrected chi connectivity index (χ4v) is 4.72. The van der Waals surface area contributed by atoms with Crippen LogP contribution in [0.1, 0.15) is 50.2 Å². The Balaban J connectivity index is 1.27. The molecule has 1 N–H and O–H groups in total. The first-order chi connectivity index (χ1) is 15.0. The van der Waals surface area contributed by atoms with Crippen molar-refractivity contribution in [2.24, 2.45) is 5.41 Å². The second kappa shape index (κ2) is 9.08. The minimum absolute atomic E-state index is 0.191. The number of amides is 2. The first kappa shape index (κ1) is 21.3. The Kier molecular flexibility index (Phi) is 6.25. The number of alkyl carbamates (subject to hydrolysis) is 1. The highest BCUT2D eigenvalue weighted by atomic mass is 19.1. The summed E-state index contributed by atoms with van der Waals surface area (Å²) >= 11 is 0. The Bertz CT molecular complexity index is 936. The van der Waals surface area contributed by atoms with Gasteiger partial charge in [0.15, 0.2) is 0 Å². The van der Waals surface area contributed by atoms with Gasteiger partial charge in [0, 0.05) is 18.8 Å². The number of hydrogen-bond acceptors (Lipinski definition) is 3. The molecule has 1 aliphatic heterocycles. The van der Waals surface area contributed by atoms with Gasteiger partial charge in [0.25, 0.3) is 0 Å². The van der Waals surface area contributed by atoms with Crippen molar-refractivity contribution in [2.75, 3.05) is 11.4 Å². The van der Waals surface area contributed by atoms with Crippen molar-refractivity contribution in [3.8, 4) is 0 Å². The van der Waals surface area contributed by atoms with Crippen molar-refractivity contribution >= 4 is 17.7 Å². The average molecular weight is 425 g/mol. The van der Waals surface area contributed by atoms with Crippen LogP contribution in [0.15, 0.2) is 48.5 Å². The third kappa shape index (κ3) is 4.73. The summed E-state index contributed by atoms with van der Waals surface area (Å²) in [5, 5.41) is 2.68. The minimum Gasteiger partial charge on any atom is -0.446 e. The Labute approximate surface area is 182 Å². The molecule has 0 aromatic heterocycles. The molecule has 1 saturated carbocycles. The first-order valence-electron chi connectivity index (χ1n) is 11.1. The van der Waals surface area contributed by atoms with Gasteiger partial charge in [-0.1, -0.05) is 31.2 Å². The van der Waals surface area contributed by atoms with Crippen molar-refractivity contribution in [3.63, 3.8) is 0 Å². The zero-order valence-electron chi connectivity index (χ0n) is 17.9. The summed E-state index contributed by atoms with van der Waals surface area (Å²) in [6.45, 7) is 3.08. The lowest BCUT2D eigenvalue weighted by atomic mass is 9.72. The fraction of sp³-hybridized carbons (Fsp3) is 0.440. The number of hydrogen-bond donors (Lipinski definition) is 1. The second-order valence-corrected chi connectivity index (χ2v) is 8.60. The summed E-state index contributed by atoms with van der Waals surface area (Å²) in [5.74, 6) is -0.132. The summed E-state index contributed by atoms with van der Waals surface area (Å²) in [7, 11) is 0. The molecular formula is C25H29FN2O3. The number of halogens is 1. The van der Waals surface area contributed by atoms with Gasteiger partial charge in [0.2, 0.25) is 5.91 Å². The molecule has 0 unspecified atom stereocenters. The van der Waals surface area contributed by atoms with Crippen LogP contribution in [-0.2, 0) is 22.5 Å². The van der Waals surface area contributed by atoms with Crippen molar-refractivity contribution in [3.05, 3.63) is 65.5 Å². The molecule has 1 heterocycles. The van der Waals surface area contributed by atoms with Crippen LogP contribution < -0.4 is 10.2 Å². The van der Waals surface area contributed by atoms with Gasteiger partial charge in [-0.05, 0) is 73.9 Å². The predicted molar refractivity (Wildman–Crippen MR) is 117 cm³/mol. The molecule has 2 aliphatic rings. The van der Waals surface area contributed by atoms with E-state index in [0.717, 1.165) is 37.9 Å². The number of anilines is 1. The molecule has 2 aromatic rings. The Morgan fingerprint density at radius 3 is 2.55 bits per heavy atom. The second-order valence-electron chi connectivity index (χ2n) is 8.60. The van der Waals surface area contributed by atoms with E-state index in [1.807, 2.05) is 17.0 Å². The van der Waals surface area contributed by atoms with Crippen LogP contribution in [0.25, 0.3) is 0 Å². The summed E-state index contributed by atoms with van der Waals surface area (Å²) < 4.78 is 18.8. The van der Waals surface area contributed by atoms with E-state index in [4.69, 9.17) is 4.74 Å². The summed E-state index contributed by atoms with van der Waals surface area (Å²) in [6.07, 6.45) is 3.97. The molecule has 2 aromatic carbocycles. The van der Waals surface area contributed by atoms with Crippen molar-refractivity contribution in [1.82, 2.24) is 5.32 Å². The van der Waals surface area contributed by atoms with Crippen LogP contribution >= 0.6 is 0 Å². The van der Waals surface area contributed by atoms with E-state index in [1.165, 1.54) is 17.7 Å². The standard InChI is InChI=1S/C25H29FN2O3/c1-2-18-6-8-21(9-7-18)28-15-14-25(23(28)29)12-10-22(11-13-25)31-24(30)27-17-19-4-3-5-20(26)16-19/h3-9,16,22H,2,10-15,17H2,1H3,(H,27,30)/t22-,25+. The number of nitrogens with zero attached hydrogens (tertiary/aromatic N) is 1. The van der Waals surface area contributed by atoms with Crippen LogP contribution in [0, 0.1) is 11.2 Å². The Hall–Kier alpha value is -2.89. The fourth-order valence-electron chi connectivity index (χ4n) is 4.72. The Morgan fingerprint density at radius 1 is 1.13 bits per heavy atom. The van der Waals surface area contributed by atoms with Gasteiger partial charge in [-0.15, -0.1) is 0 Å². The molecule has 2 fully saturated rings. The molecule has 31 heavy (non-hydrogen) atoms. The van der Waals surface area contributed by atoms with Crippen LogP contribution in [0.3, 0.4) is 0 Å². The van der Waals surface area contributed by atoms with Crippen LogP contribution in [0.5, 0.6) is 0 Å². The third-order valence-electron chi connectivity index (χ3n) is 6.66. The number of ether oxygens (including phenoxy) is 1. The topological polar surface area (TPSA) is 58.6 Å². The molecule has 0 radical (unpaired) electrons. The number of rotatable bonds is 5. The van der Waals surface area contributed by atoms with Crippen molar-refractivity contribution < 1.29 is 18.7 Å². The SMILES string of the molecule is CCc1ccc(N2CC[C@]3(CC[C@H](OC(=O)NCc4cccc(F)c4)CC3)C2=O)cc1. The number of carbonyl (C=O) groups is 2. The van der Waals surface area contributed by atoms with E-state index in [-0.39, 0.29) is 29.8 Å². The largest absolute Gasteiger partial charge is 0.446 e. The highest BCUT2D eigenvalue weighted by Crippen LogP contribution is 2.46. The number of nitrogens with one attached hydrogen (secondary N) is 1. The lowest BCUT2D eigenvalue weighted by Gasteiger charge is -2.35. The van der Waals surface area contributed by atoms with Gasteiger partial charge in [-0.2, -0.15) is 0 Å². The number of aryl methyl sites for hydroxylation is 1. The lowest BCUT2D eigenvalue weighted by Crippen LogP contribution is -2.40. The predicted octanol–water partition coefficient (Wildman–Crippen LogP) is 4.98. The smallest absolute Gasteiger partial charge is 0.407 e. The molecule has 164 valence electrons. The molecule has 1 aliphatic carbocycles. The highest BCUT2D eigenvalue weighted by Gasteiger charge is 2.49. The Morgan fingerprint density at radius 2 is 1.87 bits per heavy atom. The quantitative estimate of drug-likeness (QED) is 0.736. The van der Waals surface area contributed by atoms with E-state index in [1.54, 1.807) is 12.1 Å². The van der Waals surface area contributed by atoms with Gasteiger partial charge in [0.05, 0.1) is 5.41 Å². The normalized spacial score (nSPS) is 23.2. The van der Waals surface area contributed by atoms with Crippen LogP contribution in [0.4, 0.5) is 14.9 Å². The zero-order chi connectivity index (χ0) is 21.8. The number of benzene rings is 2. The van der Waals surface area contributed by atoms with Crippen LogP contribution in [-0.4, -0.2) is 24.6 Å². The maximum Gasteiger partial charge on any atom is 0.407 e. The van der Waals surface area contributed by atoms with Gasteiger partial charge >= 0.3 is 6.09 Å². The maximum atomic E-state index is 13.2. The maximum absolute atomic E-state index is 13.2. The molecule has 1 saturated heterocycles. The van der Waals surface area contributed by atoms with Crippen LogP contribution in [0.2, 0.25) is 0 Å². The van der Waals surface area contributed by atoms with E-state index < -0.39 is 6.09 Å². The molecule has 1 spiro atoms. The summed E-state index contributed by atoms with van der Waals surface area (Å²) in [4.78, 5) is 27.3. The third-order valence-corrected chi connectivity index (χ3v) is 6.66. The highest BCUT2D eigenvalue weighted by molar-refractivity contribution is 6.00. The van der Waals surface area contributed by atoms with Gasteiger partial charge < -0.3 is 15.0 Å². The molecule has 0 bridgehead atoms. The molecule has 4 rings (SSSR count). The first-order valence-corrected chi connectivity index (χ1v) is 11.1. The van der Waals surface area contributed by atoms with Crippen molar-refractivity contribution in [2.45, 2.75) is 58.1 Å². The van der Waals surface area contributed by atoms with E-state index in [9.17, 15) is 14.0 Å². The monoisotopic (exact) mass is 424 g/mol. The molecule has 0 atom stereocenters. The van der Waals surface area contributed by atoms with Crippen molar-refractivity contribution in [1.29, 1.82) is 0 Å². The summed E-state index contributed by atoms with van der Waals surface area (Å²) in [6, 6.07) is 14.4. The van der Waals surface area contributed by atoms with E-state index in [0.29, 0.717) is 18.4 Å². The van der Waals surface area contributed by atoms with Gasteiger partial charge in [-0.25, -0.2) is 9.18 Å². The van der Waals surface area contributed by atoms with E-state index >= 15 is 0 Å². The lowest BCUT2D eigenvalue weighted by molar-refractivity contribution is -0.128. The van der Waals surface area contributed by atoms with Gasteiger partial charge in [-0.3, -0.25) is 4.79 Å². The molecule has 5 nitrogen and oxygen atoms in total.